The number of carbonyl (C=O) groups is 2. The molecule has 0 unspecified atom stereocenters. The topological polar surface area (TPSA) is 94.5 Å². The Morgan fingerprint density at radius 3 is 2.50 bits per heavy atom. The Kier molecular flexibility index (Phi) is 6.40. The van der Waals surface area contributed by atoms with Gasteiger partial charge in [0.1, 0.15) is 5.75 Å². The van der Waals surface area contributed by atoms with Gasteiger partial charge in [-0.2, -0.15) is 5.10 Å². The van der Waals surface area contributed by atoms with Gasteiger partial charge >= 0.3 is 12.0 Å². The molecule has 1 aliphatic heterocycles. The Bertz CT molecular complexity index is 1260. The number of aromatic nitrogens is 2. The molecule has 0 radical (unpaired) electrons. The van der Waals surface area contributed by atoms with Crippen LogP contribution in [0.25, 0.3) is 16.9 Å². The highest BCUT2D eigenvalue weighted by atomic mass is 16.5. The number of nitrogens with zero attached hydrogens (tertiary/aromatic N) is 2. The molecule has 3 aromatic rings. The van der Waals surface area contributed by atoms with E-state index in [2.05, 4.69) is 10.6 Å². The number of esters is 1. The summed E-state index contributed by atoms with van der Waals surface area (Å²) in [5.74, 6) is 0.272. The number of benzene rings is 2. The fraction of sp³-hybridized carbons (Fsp3) is 0.269. The number of ether oxygens (including phenoxy) is 2. The Morgan fingerprint density at radius 2 is 1.85 bits per heavy atom. The van der Waals surface area contributed by atoms with Crippen molar-refractivity contribution in [3.63, 3.8) is 0 Å². The first-order chi connectivity index (χ1) is 16.3. The fourth-order valence-corrected chi connectivity index (χ4v) is 4.04. The summed E-state index contributed by atoms with van der Waals surface area (Å²) >= 11 is 0. The van der Waals surface area contributed by atoms with E-state index < -0.39 is 18.0 Å². The van der Waals surface area contributed by atoms with E-state index >= 15 is 0 Å². The standard InChI is InChI=1S/C26H28N4O4/c1-15(2)34-25(31)22-17(4)27-26(32)28-24(22)20-14-30(19-9-7-6-8-10-19)29-23(20)18-11-12-21(33-5)16(3)13-18/h6-15,24H,1-5H3,(H2,27,28,32)/t24-/m0/s1. The summed E-state index contributed by atoms with van der Waals surface area (Å²) in [6.07, 6.45) is 1.54. The van der Waals surface area contributed by atoms with E-state index in [-0.39, 0.29) is 6.10 Å². The Labute approximate surface area is 198 Å². The van der Waals surface area contributed by atoms with E-state index in [0.717, 1.165) is 22.6 Å². The number of carbonyl (C=O) groups excluding carboxylic acids is 2. The zero-order valence-electron chi connectivity index (χ0n) is 19.9. The summed E-state index contributed by atoms with van der Waals surface area (Å²) < 4.78 is 12.7. The van der Waals surface area contributed by atoms with Gasteiger partial charge in [-0.05, 0) is 63.6 Å². The van der Waals surface area contributed by atoms with E-state index in [4.69, 9.17) is 14.6 Å². The number of allylic oxidation sites excluding steroid dienone is 1. The Morgan fingerprint density at radius 1 is 1.12 bits per heavy atom. The van der Waals surface area contributed by atoms with Crippen molar-refractivity contribution in [2.24, 2.45) is 0 Å². The van der Waals surface area contributed by atoms with Crippen molar-refractivity contribution in [1.82, 2.24) is 20.4 Å². The van der Waals surface area contributed by atoms with E-state index in [9.17, 15) is 9.59 Å². The third kappa shape index (κ3) is 4.52. The second kappa shape index (κ2) is 9.43. The van der Waals surface area contributed by atoms with Crippen molar-refractivity contribution in [1.29, 1.82) is 0 Å². The van der Waals surface area contributed by atoms with Crippen LogP contribution in [-0.2, 0) is 9.53 Å². The summed E-state index contributed by atoms with van der Waals surface area (Å²) in [4.78, 5) is 25.5. The zero-order chi connectivity index (χ0) is 24.4. The number of aryl methyl sites for hydroxylation is 1. The van der Waals surface area contributed by atoms with Crippen molar-refractivity contribution < 1.29 is 19.1 Å². The smallest absolute Gasteiger partial charge is 0.338 e. The maximum absolute atomic E-state index is 13.1. The van der Waals surface area contributed by atoms with Crippen LogP contribution in [0, 0.1) is 6.92 Å². The normalized spacial score (nSPS) is 15.7. The maximum atomic E-state index is 13.1. The molecule has 2 N–H and O–H groups in total. The number of rotatable bonds is 6. The molecule has 34 heavy (non-hydrogen) atoms. The van der Waals surface area contributed by atoms with Crippen LogP contribution in [0.2, 0.25) is 0 Å². The predicted octanol–water partition coefficient (Wildman–Crippen LogP) is 4.44. The minimum absolute atomic E-state index is 0.304. The molecule has 8 nitrogen and oxygen atoms in total. The lowest BCUT2D eigenvalue weighted by molar-refractivity contribution is -0.143. The molecule has 176 valence electrons. The SMILES string of the molecule is COc1ccc(-c2nn(-c3ccccc3)cc2[C@@H]2NC(=O)NC(C)=C2C(=O)OC(C)C)cc1C. The maximum Gasteiger partial charge on any atom is 0.338 e. The van der Waals surface area contributed by atoms with Crippen LogP contribution in [0.1, 0.15) is 37.9 Å². The lowest BCUT2D eigenvalue weighted by Gasteiger charge is -2.28. The van der Waals surface area contributed by atoms with Crippen LogP contribution >= 0.6 is 0 Å². The third-order valence-electron chi connectivity index (χ3n) is 5.57. The second-order valence-electron chi connectivity index (χ2n) is 8.42. The molecule has 0 bridgehead atoms. The van der Waals surface area contributed by atoms with Gasteiger partial charge in [-0.15, -0.1) is 0 Å². The third-order valence-corrected chi connectivity index (χ3v) is 5.57. The van der Waals surface area contributed by atoms with Gasteiger partial charge in [0.15, 0.2) is 0 Å². The number of urea groups is 1. The van der Waals surface area contributed by atoms with Crippen molar-refractivity contribution in [2.75, 3.05) is 7.11 Å². The first-order valence-electron chi connectivity index (χ1n) is 11.1. The number of para-hydroxylation sites is 1. The largest absolute Gasteiger partial charge is 0.496 e. The van der Waals surface area contributed by atoms with Crippen molar-refractivity contribution in [2.45, 2.75) is 39.8 Å². The molecule has 1 aliphatic rings. The van der Waals surface area contributed by atoms with E-state index in [1.54, 1.807) is 32.6 Å². The van der Waals surface area contributed by atoms with Gasteiger partial charge in [0.2, 0.25) is 0 Å². The van der Waals surface area contributed by atoms with E-state index in [1.807, 2.05) is 61.7 Å². The number of nitrogens with one attached hydrogen (secondary N) is 2. The van der Waals surface area contributed by atoms with Crippen molar-refractivity contribution in [3.05, 3.63) is 77.1 Å². The molecule has 8 heteroatoms. The summed E-state index contributed by atoms with van der Waals surface area (Å²) in [6, 6.07) is 14.3. The number of hydrogen-bond acceptors (Lipinski definition) is 5. The minimum atomic E-state index is -0.741. The van der Waals surface area contributed by atoms with Gasteiger partial charge in [-0.3, -0.25) is 0 Å². The van der Waals surface area contributed by atoms with Gasteiger partial charge in [0, 0.05) is 23.0 Å². The second-order valence-corrected chi connectivity index (χ2v) is 8.42. The zero-order valence-corrected chi connectivity index (χ0v) is 19.9. The van der Waals surface area contributed by atoms with Crippen LogP contribution in [0.15, 0.2) is 66.0 Å². The molecule has 0 fully saturated rings. The number of hydrogen-bond donors (Lipinski definition) is 2. The van der Waals surface area contributed by atoms with Crippen LogP contribution < -0.4 is 15.4 Å². The molecular weight excluding hydrogens is 432 g/mol. The number of methoxy groups -OCH3 is 1. The van der Waals surface area contributed by atoms with Crippen molar-refractivity contribution in [3.8, 4) is 22.7 Å². The predicted molar refractivity (Wildman–Crippen MR) is 129 cm³/mol. The van der Waals surface area contributed by atoms with Crippen LogP contribution in [0.5, 0.6) is 5.75 Å². The molecule has 2 aromatic carbocycles. The van der Waals surface area contributed by atoms with Gasteiger partial charge in [-0.1, -0.05) is 18.2 Å². The van der Waals surface area contributed by atoms with Gasteiger partial charge in [0.05, 0.1) is 36.2 Å². The highest BCUT2D eigenvalue weighted by Gasteiger charge is 2.35. The van der Waals surface area contributed by atoms with Gasteiger partial charge in [-0.25, -0.2) is 14.3 Å². The first-order valence-corrected chi connectivity index (χ1v) is 11.1. The molecule has 1 aromatic heterocycles. The summed E-state index contributed by atoms with van der Waals surface area (Å²) in [6.45, 7) is 7.23. The number of amides is 2. The molecule has 1 atom stereocenters. The molecule has 0 aliphatic carbocycles. The molecule has 4 rings (SSSR count). The molecule has 2 amide bonds. The molecule has 0 saturated heterocycles. The molecule has 0 saturated carbocycles. The highest BCUT2D eigenvalue weighted by Crippen LogP contribution is 2.36. The van der Waals surface area contributed by atoms with Crippen LogP contribution in [0.3, 0.4) is 0 Å². The summed E-state index contributed by atoms with van der Waals surface area (Å²) in [7, 11) is 1.63. The monoisotopic (exact) mass is 460 g/mol. The van der Waals surface area contributed by atoms with E-state index in [0.29, 0.717) is 22.5 Å². The highest BCUT2D eigenvalue weighted by molar-refractivity contribution is 5.95. The van der Waals surface area contributed by atoms with Gasteiger partial charge in [0.25, 0.3) is 0 Å². The lowest BCUT2D eigenvalue weighted by atomic mass is 9.93. The Hall–Kier alpha value is -4.07. The van der Waals surface area contributed by atoms with Crippen LogP contribution in [-0.4, -0.2) is 35.0 Å². The average molecular weight is 461 g/mol. The average Bonchev–Trinajstić information content (AvgIpc) is 3.24. The molecular formula is C26H28N4O4. The van der Waals surface area contributed by atoms with Crippen LogP contribution in [0.4, 0.5) is 4.79 Å². The lowest BCUT2D eigenvalue weighted by Crippen LogP contribution is -2.45. The van der Waals surface area contributed by atoms with Gasteiger partial charge < -0.3 is 20.1 Å². The summed E-state index contributed by atoms with van der Waals surface area (Å²) in [5.41, 5.74) is 4.75. The molecule has 2 heterocycles. The van der Waals surface area contributed by atoms with E-state index in [1.165, 1.54) is 0 Å². The summed E-state index contributed by atoms with van der Waals surface area (Å²) in [5, 5.41) is 10.4. The first kappa shape index (κ1) is 23.1. The molecule has 0 spiro atoms. The Balaban J connectivity index is 1.90. The quantitative estimate of drug-likeness (QED) is 0.531. The minimum Gasteiger partial charge on any atom is -0.496 e. The van der Waals surface area contributed by atoms with Crippen molar-refractivity contribution >= 4 is 12.0 Å². The fourth-order valence-electron chi connectivity index (χ4n) is 4.04.